The van der Waals surface area contributed by atoms with Gasteiger partial charge in [-0.1, -0.05) is 0 Å². The third-order valence-corrected chi connectivity index (χ3v) is 4.21. The van der Waals surface area contributed by atoms with Gasteiger partial charge in [0, 0.05) is 9.64 Å². The predicted molar refractivity (Wildman–Crippen MR) is 76.8 cm³/mol. The summed E-state index contributed by atoms with van der Waals surface area (Å²) < 4.78 is 4.55. The molecule has 1 aromatic rings. The molecule has 1 rings (SSSR count). The number of aromatic carboxylic acids is 1. The van der Waals surface area contributed by atoms with Gasteiger partial charge in [0.15, 0.2) is 0 Å². The number of rotatable bonds is 3. The van der Waals surface area contributed by atoms with Crippen molar-refractivity contribution in [1.29, 1.82) is 0 Å². The molecule has 0 bridgehead atoms. The van der Waals surface area contributed by atoms with Crippen LogP contribution in [0.2, 0.25) is 0 Å². The lowest BCUT2D eigenvalue weighted by Crippen LogP contribution is -2.13. The highest BCUT2D eigenvalue weighted by Gasteiger charge is 2.28. The van der Waals surface area contributed by atoms with E-state index in [1.807, 2.05) is 0 Å². The minimum Gasteiger partial charge on any atom is -0.478 e. The van der Waals surface area contributed by atoms with E-state index in [1.165, 1.54) is 0 Å². The van der Waals surface area contributed by atoms with Crippen molar-refractivity contribution in [2.45, 2.75) is 0 Å². The minimum atomic E-state index is -1.34. The van der Waals surface area contributed by atoms with Gasteiger partial charge in [0.2, 0.25) is 0 Å². The van der Waals surface area contributed by atoms with Gasteiger partial charge in [-0.15, -0.1) is 0 Å². The maximum absolute atomic E-state index is 11.5. The van der Waals surface area contributed by atoms with E-state index in [-0.39, 0.29) is 18.3 Å². The second-order valence-corrected chi connectivity index (χ2v) is 5.16. The molecule has 0 radical (unpaired) electrons. The first kappa shape index (κ1) is 15.1. The molecule has 1 N–H and O–H groups in total. The van der Waals surface area contributed by atoms with Crippen LogP contribution in [-0.4, -0.2) is 29.1 Å². The Morgan fingerprint density at radius 3 is 2.33 bits per heavy atom. The molecule has 7 nitrogen and oxygen atoms in total. The van der Waals surface area contributed by atoms with Gasteiger partial charge in [0.1, 0.15) is 3.57 Å². The second-order valence-electron chi connectivity index (χ2n) is 3.00. The molecule has 18 heavy (non-hydrogen) atoms. The zero-order valence-electron chi connectivity index (χ0n) is 8.77. The lowest BCUT2D eigenvalue weighted by Gasteiger charge is -2.08. The maximum atomic E-state index is 11.5. The van der Waals surface area contributed by atoms with Crippen molar-refractivity contribution in [1.82, 2.24) is 0 Å². The van der Waals surface area contributed by atoms with Crippen molar-refractivity contribution in [3.8, 4) is 0 Å². The molecule has 0 unspecified atom stereocenters. The highest BCUT2D eigenvalue weighted by atomic mass is 127. The van der Waals surface area contributed by atoms with Crippen molar-refractivity contribution in [2.75, 3.05) is 7.11 Å². The summed E-state index contributed by atoms with van der Waals surface area (Å²) in [6.45, 7) is 0. The molecule has 0 fully saturated rings. The molecule has 0 saturated carbocycles. The molecule has 0 atom stereocenters. The normalized spacial score (nSPS) is 9.94. The highest BCUT2D eigenvalue weighted by Crippen LogP contribution is 2.31. The fourth-order valence-corrected chi connectivity index (χ4v) is 3.45. The zero-order valence-corrected chi connectivity index (χ0v) is 13.1. The van der Waals surface area contributed by atoms with Crippen LogP contribution in [0.25, 0.3) is 0 Å². The van der Waals surface area contributed by atoms with Gasteiger partial charge >= 0.3 is 11.9 Å². The third kappa shape index (κ3) is 2.71. The van der Waals surface area contributed by atoms with Gasteiger partial charge in [-0.3, -0.25) is 10.1 Å². The molecule has 96 valence electrons. The molecule has 9 heteroatoms. The van der Waals surface area contributed by atoms with E-state index in [0.717, 1.165) is 13.2 Å². The number of nitrogens with zero attached hydrogens (tertiary/aromatic N) is 1. The Morgan fingerprint density at radius 1 is 1.39 bits per heavy atom. The number of hydrogen-bond donors (Lipinski definition) is 1. The minimum absolute atomic E-state index is 0.0258. The van der Waals surface area contributed by atoms with Crippen molar-refractivity contribution in [2.24, 2.45) is 0 Å². The summed E-state index contributed by atoms with van der Waals surface area (Å²) in [4.78, 5) is 32.6. The Kier molecular flexibility index (Phi) is 4.84. The average molecular weight is 477 g/mol. The predicted octanol–water partition coefficient (Wildman–Crippen LogP) is 2.29. The molecule has 0 aliphatic rings. The number of esters is 1. The zero-order chi connectivity index (χ0) is 14.0. The van der Waals surface area contributed by atoms with Crippen LogP contribution in [0.3, 0.4) is 0 Å². The number of halogens is 2. The van der Waals surface area contributed by atoms with Crippen molar-refractivity contribution >= 4 is 62.8 Å². The van der Waals surface area contributed by atoms with E-state index in [9.17, 15) is 19.7 Å². The van der Waals surface area contributed by atoms with E-state index >= 15 is 0 Å². The lowest BCUT2D eigenvalue weighted by molar-refractivity contribution is -0.385. The monoisotopic (exact) mass is 477 g/mol. The standard InChI is InChI=1S/C9H5I2NO6/c1-18-9(15)3-2-4(12(16)17)7(11)5(6(3)10)8(13)14/h2H,1H3,(H,13,14). The van der Waals surface area contributed by atoms with Gasteiger partial charge in [0.05, 0.1) is 23.2 Å². The van der Waals surface area contributed by atoms with Crippen LogP contribution in [0.1, 0.15) is 20.7 Å². The van der Waals surface area contributed by atoms with Gasteiger partial charge in [0.25, 0.3) is 5.69 Å². The fraction of sp³-hybridized carbons (Fsp3) is 0.111. The molecule has 0 heterocycles. The first-order chi connectivity index (χ1) is 8.31. The average Bonchev–Trinajstić information content (AvgIpc) is 2.27. The van der Waals surface area contributed by atoms with Gasteiger partial charge in [-0.2, -0.15) is 0 Å². The van der Waals surface area contributed by atoms with Gasteiger partial charge < -0.3 is 9.84 Å². The SMILES string of the molecule is COC(=O)c1cc([N+](=O)[O-])c(I)c(C(=O)O)c1I. The van der Waals surface area contributed by atoms with Crippen LogP contribution < -0.4 is 0 Å². The summed E-state index contributed by atoms with van der Waals surface area (Å²) >= 11 is 3.22. The Labute approximate surface area is 128 Å². The molecule has 0 aliphatic heterocycles. The number of carboxylic acid groups (broad SMARTS) is 1. The van der Waals surface area contributed by atoms with Crippen molar-refractivity contribution in [3.63, 3.8) is 0 Å². The van der Waals surface area contributed by atoms with Crippen molar-refractivity contribution in [3.05, 3.63) is 34.4 Å². The van der Waals surface area contributed by atoms with Gasteiger partial charge in [-0.25, -0.2) is 9.59 Å². The summed E-state index contributed by atoms with van der Waals surface area (Å²) in [5.74, 6) is -2.15. The molecular formula is C9H5I2NO6. The smallest absolute Gasteiger partial charge is 0.339 e. The van der Waals surface area contributed by atoms with Crippen LogP contribution in [0.15, 0.2) is 6.07 Å². The van der Waals surface area contributed by atoms with Crippen LogP contribution in [0.5, 0.6) is 0 Å². The summed E-state index contributed by atoms with van der Waals surface area (Å²) in [6.07, 6.45) is 0. The topological polar surface area (TPSA) is 107 Å². The highest BCUT2D eigenvalue weighted by molar-refractivity contribution is 14.1. The molecule has 0 spiro atoms. The first-order valence-electron chi connectivity index (χ1n) is 4.29. The molecule has 0 aliphatic carbocycles. The quantitative estimate of drug-likeness (QED) is 0.310. The fourth-order valence-electron chi connectivity index (χ4n) is 1.20. The molecule has 0 aromatic heterocycles. The molecule has 1 aromatic carbocycles. The Bertz CT molecular complexity index is 556. The van der Waals surface area contributed by atoms with Crippen LogP contribution in [-0.2, 0) is 4.74 Å². The van der Waals surface area contributed by atoms with Crippen molar-refractivity contribution < 1.29 is 24.4 Å². The second kappa shape index (κ2) is 5.77. The molecule has 0 saturated heterocycles. The number of ether oxygens (including phenoxy) is 1. The van der Waals surface area contributed by atoms with E-state index in [2.05, 4.69) is 4.74 Å². The van der Waals surface area contributed by atoms with E-state index in [4.69, 9.17) is 5.11 Å². The molecular weight excluding hydrogens is 472 g/mol. The number of nitro groups is 1. The van der Waals surface area contributed by atoms with Crippen LogP contribution >= 0.6 is 45.2 Å². The largest absolute Gasteiger partial charge is 0.478 e. The van der Waals surface area contributed by atoms with Crippen LogP contribution in [0, 0.1) is 17.3 Å². The summed E-state index contributed by atoms with van der Waals surface area (Å²) in [5, 5.41) is 19.9. The Hall–Kier alpha value is -0.980. The maximum Gasteiger partial charge on any atom is 0.339 e. The van der Waals surface area contributed by atoms with Crippen LogP contribution in [0.4, 0.5) is 5.69 Å². The van der Waals surface area contributed by atoms with E-state index in [0.29, 0.717) is 0 Å². The Balaban J connectivity index is 3.71. The number of methoxy groups -OCH3 is 1. The number of hydrogen-bond acceptors (Lipinski definition) is 5. The summed E-state index contributed by atoms with van der Waals surface area (Å²) in [7, 11) is 1.11. The first-order valence-corrected chi connectivity index (χ1v) is 6.45. The van der Waals surface area contributed by atoms with E-state index < -0.39 is 22.5 Å². The summed E-state index contributed by atoms with van der Waals surface area (Å²) in [6, 6.07) is 1.02. The third-order valence-electron chi connectivity index (χ3n) is 2.00. The number of nitro benzene ring substituents is 1. The van der Waals surface area contributed by atoms with Gasteiger partial charge in [-0.05, 0) is 45.2 Å². The van der Waals surface area contributed by atoms with E-state index in [1.54, 1.807) is 45.2 Å². The Morgan fingerprint density at radius 2 is 1.94 bits per heavy atom. The summed E-state index contributed by atoms with van der Waals surface area (Å²) in [5.41, 5.74) is -0.845. The number of carbonyl (C=O) groups is 2. The lowest BCUT2D eigenvalue weighted by atomic mass is 10.1. The number of carboxylic acids is 1. The number of carbonyl (C=O) groups excluding carboxylic acids is 1. The number of benzene rings is 1. The molecule has 0 amide bonds.